The van der Waals surface area contributed by atoms with E-state index in [0.717, 1.165) is 5.56 Å². The number of hydrogen-bond donors (Lipinski definition) is 3. The van der Waals surface area contributed by atoms with Gasteiger partial charge in [0.05, 0.1) is 6.20 Å². The number of aromatic nitrogens is 2. The number of carbonyl (C=O) groups is 1. The zero-order valence-corrected chi connectivity index (χ0v) is 8.72. The Labute approximate surface area is 83.1 Å². The summed E-state index contributed by atoms with van der Waals surface area (Å²) in [4.78, 5) is 11.4. The number of nitrogens with zero attached hydrogens (tertiary/aromatic N) is 1. The Bertz CT molecular complexity index is 324. The lowest BCUT2D eigenvalue weighted by Gasteiger charge is -2.17. The second-order valence-corrected chi connectivity index (χ2v) is 4.14. The average Bonchev–Trinajstić information content (AvgIpc) is 2.32. The van der Waals surface area contributed by atoms with Gasteiger partial charge >= 0.3 is 0 Å². The van der Waals surface area contributed by atoms with Crippen LogP contribution in [0.4, 0.5) is 5.82 Å². The van der Waals surface area contributed by atoms with Crippen LogP contribution in [0, 0.1) is 6.92 Å². The van der Waals surface area contributed by atoms with Gasteiger partial charge in [-0.3, -0.25) is 9.89 Å². The van der Waals surface area contributed by atoms with Crippen molar-refractivity contribution < 1.29 is 4.79 Å². The van der Waals surface area contributed by atoms with E-state index in [-0.39, 0.29) is 12.3 Å². The van der Waals surface area contributed by atoms with E-state index < -0.39 is 5.54 Å². The summed E-state index contributed by atoms with van der Waals surface area (Å²) in [5.74, 6) is 0.532. The Morgan fingerprint density at radius 3 is 2.79 bits per heavy atom. The summed E-state index contributed by atoms with van der Waals surface area (Å²) in [6.45, 7) is 5.49. The number of aromatic amines is 1. The van der Waals surface area contributed by atoms with Gasteiger partial charge in [-0.15, -0.1) is 0 Å². The molecule has 1 rings (SSSR count). The van der Waals surface area contributed by atoms with Crippen LogP contribution in [0.5, 0.6) is 0 Å². The molecule has 0 saturated heterocycles. The van der Waals surface area contributed by atoms with Crippen molar-refractivity contribution in [3.05, 3.63) is 11.8 Å². The van der Waals surface area contributed by atoms with Crippen molar-refractivity contribution in [3.63, 3.8) is 0 Å². The van der Waals surface area contributed by atoms with Crippen LogP contribution in [-0.4, -0.2) is 21.6 Å². The second-order valence-electron chi connectivity index (χ2n) is 4.14. The van der Waals surface area contributed by atoms with E-state index >= 15 is 0 Å². The molecule has 0 radical (unpaired) electrons. The van der Waals surface area contributed by atoms with Gasteiger partial charge in [0, 0.05) is 17.5 Å². The number of nitrogens with one attached hydrogen (secondary N) is 2. The molecule has 0 aliphatic rings. The van der Waals surface area contributed by atoms with Crippen molar-refractivity contribution in [3.8, 4) is 0 Å². The number of rotatable bonds is 3. The molecule has 4 N–H and O–H groups in total. The Hall–Kier alpha value is -1.36. The van der Waals surface area contributed by atoms with Crippen LogP contribution in [0.25, 0.3) is 0 Å². The third-order valence-corrected chi connectivity index (χ3v) is 1.71. The number of amides is 1. The van der Waals surface area contributed by atoms with Crippen LogP contribution in [0.1, 0.15) is 25.8 Å². The number of hydrogen-bond acceptors (Lipinski definition) is 3. The Balaban J connectivity index is 2.54. The van der Waals surface area contributed by atoms with Gasteiger partial charge in [0.1, 0.15) is 5.82 Å². The lowest BCUT2D eigenvalue weighted by Crippen LogP contribution is -2.36. The van der Waals surface area contributed by atoms with Gasteiger partial charge in [-0.2, -0.15) is 5.10 Å². The molecule has 0 atom stereocenters. The summed E-state index contributed by atoms with van der Waals surface area (Å²) < 4.78 is 0. The van der Waals surface area contributed by atoms with E-state index in [1.807, 2.05) is 20.8 Å². The SMILES string of the molecule is Cc1cn[nH]c1NC(=O)CC(C)(C)N. The number of nitrogens with two attached hydrogens (primary N) is 1. The number of aryl methyl sites for hydroxylation is 1. The molecule has 0 saturated carbocycles. The molecule has 0 aliphatic carbocycles. The molecule has 0 bridgehead atoms. The van der Waals surface area contributed by atoms with E-state index in [0.29, 0.717) is 5.82 Å². The van der Waals surface area contributed by atoms with Gasteiger partial charge in [0.2, 0.25) is 5.91 Å². The van der Waals surface area contributed by atoms with Crippen LogP contribution < -0.4 is 11.1 Å². The molecule has 0 fully saturated rings. The summed E-state index contributed by atoms with van der Waals surface area (Å²) in [7, 11) is 0. The van der Waals surface area contributed by atoms with E-state index in [2.05, 4.69) is 15.5 Å². The first-order valence-electron chi connectivity index (χ1n) is 4.47. The van der Waals surface area contributed by atoms with E-state index in [9.17, 15) is 4.79 Å². The summed E-state index contributed by atoms with van der Waals surface area (Å²) >= 11 is 0. The lowest BCUT2D eigenvalue weighted by molar-refractivity contribution is -0.117. The maximum atomic E-state index is 11.4. The maximum Gasteiger partial charge on any atom is 0.227 e. The third-order valence-electron chi connectivity index (χ3n) is 1.71. The molecule has 1 amide bonds. The Kier molecular flexibility index (Phi) is 2.90. The molecule has 0 aromatic carbocycles. The standard InChI is InChI=1S/C9H16N4O/c1-6-5-11-13-8(6)12-7(14)4-9(2,3)10/h5H,4,10H2,1-3H3,(H2,11,12,13,14). The quantitative estimate of drug-likeness (QED) is 0.668. The van der Waals surface area contributed by atoms with Crippen LogP contribution in [0.15, 0.2) is 6.20 Å². The van der Waals surface area contributed by atoms with Gasteiger partial charge in [-0.25, -0.2) is 0 Å². The lowest BCUT2D eigenvalue weighted by atomic mass is 10.0. The third kappa shape index (κ3) is 3.18. The fourth-order valence-electron chi connectivity index (χ4n) is 1.07. The molecule has 5 heteroatoms. The van der Waals surface area contributed by atoms with Crippen molar-refractivity contribution in [1.29, 1.82) is 0 Å². The summed E-state index contributed by atoms with van der Waals surface area (Å²) in [5, 5.41) is 9.21. The summed E-state index contributed by atoms with van der Waals surface area (Å²) in [6, 6.07) is 0. The van der Waals surface area contributed by atoms with Gasteiger partial charge in [0.15, 0.2) is 0 Å². The summed E-state index contributed by atoms with van der Waals surface area (Å²) in [6.07, 6.45) is 1.94. The first-order chi connectivity index (χ1) is 6.38. The van der Waals surface area contributed by atoms with Gasteiger partial charge in [-0.05, 0) is 20.8 Å². The van der Waals surface area contributed by atoms with Gasteiger partial charge in [-0.1, -0.05) is 0 Å². The molecule has 0 aliphatic heterocycles. The monoisotopic (exact) mass is 196 g/mol. The molecular formula is C9H16N4O. The molecular weight excluding hydrogens is 180 g/mol. The predicted octanol–water partition coefficient (Wildman–Crippen LogP) is 0.784. The highest BCUT2D eigenvalue weighted by Gasteiger charge is 2.17. The Morgan fingerprint density at radius 2 is 2.36 bits per heavy atom. The molecule has 14 heavy (non-hydrogen) atoms. The van der Waals surface area contributed by atoms with Gasteiger partial charge in [0.25, 0.3) is 0 Å². The minimum atomic E-state index is -0.488. The summed E-state index contributed by atoms with van der Waals surface area (Å²) in [5.41, 5.74) is 6.14. The molecule has 1 aromatic heterocycles. The number of anilines is 1. The highest BCUT2D eigenvalue weighted by Crippen LogP contribution is 2.11. The fraction of sp³-hybridized carbons (Fsp3) is 0.556. The van der Waals surface area contributed by atoms with Crippen LogP contribution >= 0.6 is 0 Å². The molecule has 0 unspecified atom stereocenters. The highest BCUT2D eigenvalue weighted by molar-refractivity contribution is 5.91. The smallest absolute Gasteiger partial charge is 0.227 e. The molecule has 5 nitrogen and oxygen atoms in total. The van der Waals surface area contributed by atoms with E-state index in [1.54, 1.807) is 6.20 Å². The zero-order valence-electron chi connectivity index (χ0n) is 8.72. The highest BCUT2D eigenvalue weighted by atomic mass is 16.1. The Morgan fingerprint density at radius 1 is 1.71 bits per heavy atom. The number of carbonyl (C=O) groups excluding carboxylic acids is 1. The van der Waals surface area contributed by atoms with Crippen LogP contribution in [0.3, 0.4) is 0 Å². The largest absolute Gasteiger partial charge is 0.325 e. The predicted molar refractivity (Wildman–Crippen MR) is 54.8 cm³/mol. The molecule has 0 spiro atoms. The first-order valence-corrected chi connectivity index (χ1v) is 4.47. The molecule has 1 aromatic rings. The first kappa shape index (κ1) is 10.7. The minimum absolute atomic E-state index is 0.107. The average molecular weight is 196 g/mol. The fourth-order valence-corrected chi connectivity index (χ4v) is 1.07. The molecule has 78 valence electrons. The van der Waals surface area contributed by atoms with Crippen molar-refractivity contribution in [2.24, 2.45) is 5.73 Å². The zero-order chi connectivity index (χ0) is 10.8. The topological polar surface area (TPSA) is 83.8 Å². The normalized spacial score (nSPS) is 11.4. The second kappa shape index (κ2) is 3.79. The minimum Gasteiger partial charge on any atom is -0.325 e. The maximum absolute atomic E-state index is 11.4. The number of H-pyrrole nitrogens is 1. The molecule has 1 heterocycles. The van der Waals surface area contributed by atoms with Crippen molar-refractivity contribution in [2.75, 3.05) is 5.32 Å². The van der Waals surface area contributed by atoms with Crippen molar-refractivity contribution in [1.82, 2.24) is 10.2 Å². The van der Waals surface area contributed by atoms with E-state index in [4.69, 9.17) is 5.73 Å². The van der Waals surface area contributed by atoms with Gasteiger partial charge < -0.3 is 11.1 Å². The van der Waals surface area contributed by atoms with Crippen molar-refractivity contribution in [2.45, 2.75) is 32.7 Å². The van der Waals surface area contributed by atoms with Crippen LogP contribution in [-0.2, 0) is 4.79 Å². The van der Waals surface area contributed by atoms with Crippen molar-refractivity contribution >= 4 is 11.7 Å². The van der Waals surface area contributed by atoms with E-state index in [1.165, 1.54) is 0 Å². The van der Waals surface area contributed by atoms with Crippen LogP contribution in [0.2, 0.25) is 0 Å².